The van der Waals surface area contributed by atoms with Gasteiger partial charge in [-0.2, -0.15) is 0 Å². The lowest BCUT2D eigenvalue weighted by molar-refractivity contribution is 0.0257. The van der Waals surface area contributed by atoms with Crippen LogP contribution in [0.2, 0.25) is 0 Å². The summed E-state index contributed by atoms with van der Waals surface area (Å²) < 4.78 is 5.45. The molecule has 0 saturated carbocycles. The van der Waals surface area contributed by atoms with E-state index in [0.717, 1.165) is 5.56 Å². The molecular weight excluding hydrogens is 214 g/mol. The average molecular weight is 229 g/mol. The van der Waals surface area contributed by atoms with E-state index in [2.05, 4.69) is 4.98 Å². The summed E-state index contributed by atoms with van der Waals surface area (Å²) in [6.07, 6.45) is 0.996. The van der Waals surface area contributed by atoms with Crippen molar-refractivity contribution in [3.05, 3.63) is 66.0 Å². The van der Waals surface area contributed by atoms with Crippen molar-refractivity contribution in [1.82, 2.24) is 4.98 Å². The van der Waals surface area contributed by atoms with E-state index in [1.165, 1.54) is 0 Å². The predicted octanol–water partition coefficient (Wildman–Crippen LogP) is 2.33. The highest BCUT2D eigenvalue weighted by atomic mass is 16.5. The van der Waals surface area contributed by atoms with Crippen LogP contribution in [0.1, 0.15) is 17.4 Å². The van der Waals surface area contributed by atoms with E-state index < -0.39 is 6.10 Å². The van der Waals surface area contributed by atoms with Crippen LogP contribution >= 0.6 is 0 Å². The lowest BCUT2D eigenvalue weighted by Gasteiger charge is -2.10. The quantitative estimate of drug-likeness (QED) is 0.855. The third-order valence-electron chi connectivity index (χ3n) is 2.42. The van der Waals surface area contributed by atoms with Crippen LogP contribution in [0.3, 0.4) is 0 Å². The van der Waals surface area contributed by atoms with Gasteiger partial charge in [-0.15, -0.1) is 0 Å². The Balaban J connectivity index is 1.79. The molecule has 0 fully saturated rings. The van der Waals surface area contributed by atoms with E-state index in [1.807, 2.05) is 42.5 Å². The number of benzene rings is 1. The normalized spacial score (nSPS) is 12.3. The summed E-state index contributed by atoms with van der Waals surface area (Å²) in [4.78, 5) is 4.07. The van der Waals surface area contributed by atoms with E-state index in [-0.39, 0.29) is 6.61 Å². The number of aliphatic hydroxyl groups is 1. The Labute approximate surface area is 101 Å². The zero-order valence-electron chi connectivity index (χ0n) is 9.49. The Morgan fingerprint density at radius 2 is 1.82 bits per heavy atom. The van der Waals surface area contributed by atoms with Gasteiger partial charge in [0.25, 0.3) is 0 Å². The number of aliphatic hydroxyl groups excluding tert-OH is 1. The molecule has 1 N–H and O–H groups in total. The number of pyridine rings is 1. The summed E-state index contributed by atoms with van der Waals surface area (Å²) in [6, 6.07) is 15.3. The lowest BCUT2D eigenvalue weighted by Crippen LogP contribution is -2.08. The lowest BCUT2D eigenvalue weighted by atomic mass is 10.2. The van der Waals surface area contributed by atoms with Crippen LogP contribution in [0.25, 0.3) is 0 Å². The van der Waals surface area contributed by atoms with Crippen molar-refractivity contribution in [3.63, 3.8) is 0 Å². The minimum atomic E-state index is -0.667. The fourth-order valence-corrected chi connectivity index (χ4v) is 1.52. The van der Waals surface area contributed by atoms with Crippen LogP contribution in [0.15, 0.2) is 54.7 Å². The Bertz CT molecular complexity index is 430. The van der Waals surface area contributed by atoms with Gasteiger partial charge in [0.1, 0.15) is 6.10 Å². The fraction of sp³-hybridized carbons (Fsp3) is 0.214. The molecule has 2 rings (SSSR count). The second kappa shape index (κ2) is 6.13. The van der Waals surface area contributed by atoms with Gasteiger partial charge in [-0.3, -0.25) is 4.98 Å². The summed E-state index contributed by atoms with van der Waals surface area (Å²) in [5, 5.41) is 9.81. The summed E-state index contributed by atoms with van der Waals surface area (Å²) in [5.74, 6) is 0. The van der Waals surface area contributed by atoms with Gasteiger partial charge in [-0.25, -0.2) is 0 Å². The van der Waals surface area contributed by atoms with Gasteiger partial charge in [-0.05, 0) is 17.7 Å². The first-order chi connectivity index (χ1) is 8.36. The maximum atomic E-state index is 9.81. The first kappa shape index (κ1) is 11.8. The summed E-state index contributed by atoms with van der Waals surface area (Å²) in [7, 11) is 0. The second-order valence-electron chi connectivity index (χ2n) is 3.77. The zero-order chi connectivity index (χ0) is 11.9. The van der Waals surface area contributed by atoms with E-state index in [9.17, 15) is 5.11 Å². The van der Waals surface area contributed by atoms with Crippen molar-refractivity contribution in [1.29, 1.82) is 0 Å². The monoisotopic (exact) mass is 229 g/mol. The SMILES string of the molecule is O[C@@H](COCc1ccccc1)c1ccccn1. The van der Waals surface area contributed by atoms with Crippen molar-refractivity contribution in [3.8, 4) is 0 Å². The molecule has 3 heteroatoms. The Morgan fingerprint density at radius 1 is 1.06 bits per heavy atom. The van der Waals surface area contributed by atoms with Crippen molar-refractivity contribution in [2.24, 2.45) is 0 Å². The number of rotatable bonds is 5. The molecule has 0 bridgehead atoms. The number of hydrogen-bond acceptors (Lipinski definition) is 3. The van der Waals surface area contributed by atoms with Gasteiger partial charge < -0.3 is 9.84 Å². The molecule has 0 unspecified atom stereocenters. The van der Waals surface area contributed by atoms with Crippen LogP contribution in [0.5, 0.6) is 0 Å². The van der Waals surface area contributed by atoms with E-state index in [1.54, 1.807) is 12.3 Å². The van der Waals surface area contributed by atoms with Crippen LogP contribution in [0.4, 0.5) is 0 Å². The zero-order valence-corrected chi connectivity index (χ0v) is 9.49. The van der Waals surface area contributed by atoms with Crippen LogP contribution in [-0.2, 0) is 11.3 Å². The molecule has 0 saturated heterocycles. The molecule has 88 valence electrons. The number of ether oxygens (including phenoxy) is 1. The standard InChI is InChI=1S/C14H15NO2/c16-14(13-8-4-5-9-15-13)11-17-10-12-6-2-1-3-7-12/h1-9,14,16H,10-11H2/t14-/m0/s1. The third-order valence-corrected chi connectivity index (χ3v) is 2.42. The van der Waals surface area contributed by atoms with Gasteiger partial charge in [0.15, 0.2) is 0 Å². The summed E-state index contributed by atoms with van der Waals surface area (Å²) in [6.45, 7) is 0.761. The molecular formula is C14H15NO2. The molecule has 0 aliphatic heterocycles. The molecule has 0 radical (unpaired) electrons. The Kier molecular flexibility index (Phi) is 4.24. The van der Waals surface area contributed by atoms with Crippen molar-refractivity contribution >= 4 is 0 Å². The van der Waals surface area contributed by atoms with E-state index >= 15 is 0 Å². The molecule has 0 spiro atoms. The summed E-state index contributed by atoms with van der Waals surface area (Å²) >= 11 is 0. The molecule has 3 nitrogen and oxygen atoms in total. The highest BCUT2D eigenvalue weighted by molar-refractivity contribution is 5.13. The minimum absolute atomic E-state index is 0.256. The number of nitrogens with zero attached hydrogens (tertiary/aromatic N) is 1. The molecule has 0 aliphatic carbocycles. The molecule has 1 aromatic heterocycles. The Hall–Kier alpha value is -1.71. The molecule has 1 heterocycles. The highest BCUT2D eigenvalue weighted by Crippen LogP contribution is 2.10. The van der Waals surface area contributed by atoms with E-state index in [0.29, 0.717) is 12.3 Å². The topological polar surface area (TPSA) is 42.4 Å². The van der Waals surface area contributed by atoms with Gasteiger partial charge >= 0.3 is 0 Å². The van der Waals surface area contributed by atoms with Gasteiger partial charge in [0.05, 0.1) is 18.9 Å². The van der Waals surface area contributed by atoms with Crippen molar-refractivity contribution in [2.75, 3.05) is 6.61 Å². The van der Waals surface area contributed by atoms with Gasteiger partial charge in [0.2, 0.25) is 0 Å². The summed E-state index contributed by atoms with van der Waals surface area (Å²) in [5.41, 5.74) is 1.74. The molecule has 1 aromatic carbocycles. The molecule has 0 aliphatic rings. The van der Waals surface area contributed by atoms with Crippen molar-refractivity contribution < 1.29 is 9.84 Å². The molecule has 1 atom stereocenters. The maximum absolute atomic E-state index is 9.81. The molecule has 0 amide bonds. The van der Waals surface area contributed by atoms with Crippen LogP contribution in [-0.4, -0.2) is 16.7 Å². The van der Waals surface area contributed by atoms with Crippen molar-refractivity contribution in [2.45, 2.75) is 12.7 Å². The predicted molar refractivity (Wildman–Crippen MR) is 65.3 cm³/mol. The first-order valence-electron chi connectivity index (χ1n) is 5.57. The van der Waals surface area contributed by atoms with Crippen LogP contribution in [0, 0.1) is 0 Å². The largest absolute Gasteiger partial charge is 0.384 e. The van der Waals surface area contributed by atoms with Gasteiger partial charge in [-0.1, -0.05) is 36.4 Å². The average Bonchev–Trinajstić information content (AvgIpc) is 2.41. The number of hydrogen-bond donors (Lipinski definition) is 1. The molecule has 2 aromatic rings. The third kappa shape index (κ3) is 3.66. The second-order valence-corrected chi connectivity index (χ2v) is 3.77. The maximum Gasteiger partial charge on any atom is 0.119 e. The fourth-order valence-electron chi connectivity index (χ4n) is 1.52. The Morgan fingerprint density at radius 3 is 2.53 bits per heavy atom. The van der Waals surface area contributed by atoms with Crippen LogP contribution < -0.4 is 0 Å². The van der Waals surface area contributed by atoms with E-state index in [4.69, 9.17) is 4.74 Å². The minimum Gasteiger partial charge on any atom is -0.384 e. The molecule has 17 heavy (non-hydrogen) atoms. The number of aromatic nitrogens is 1. The smallest absolute Gasteiger partial charge is 0.119 e. The highest BCUT2D eigenvalue weighted by Gasteiger charge is 2.07. The first-order valence-corrected chi connectivity index (χ1v) is 5.57. The van der Waals surface area contributed by atoms with Gasteiger partial charge in [0, 0.05) is 6.20 Å².